The number of carbonyl (C=O) groups is 7. The Balaban J connectivity index is 1.54. The van der Waals surface area contributed by atoms with Crippen molar-refractivity contribution in [1.82, 2.24) is 41.5 Å². The first kappa shape index (κ1) is 48.7. The van der Waals surface area contributed by atoms with Crippen molar-refractivity contribution in [3.63, 3.8) is 0 Å². The van der Waals surface area contributed by atoms with Gasteiger partial charge in [0, 0.05) is 37.7 Å². The maximum Gasteiger partial charge on any atom is 0.326 e. The minimum Gasteiger partial charge on any atom is -0.508 e. The number of nitrogens with zero attached hydrogens (tertiary/aromatic N) is 2. The maximum atomic E-state index is 14.4. The standard InChI is InChI=1S/C43H59N9O9S/c1-5-25(2)36(51-39(56)32(20-28-13-15-30(53)16-14-28)48-37(54)26(3)47-38(55)31(44)17-19-62-4)41(58)49-33(22-29-23-45-24-46-29)42(59)52-18-9-12-35(52)40(57)50-34(43(60)61)21-27-10-7-6-8-11-27/h6-8,10-11,13-16,23-26,31-36,53H,5,9,12,17-22,44H2,1-4H3,(H,45,46)(H,47,55)(H,48,54)(H,49,58)(H,50,57)(H,51,56)(H,60,61)/t25-,26-,31-,32-,33-,34-,35-,36-/m0/s1. The largest absolute Gasteiger partial charge is 0.508 e. The molecule has 3 aromatic rings. The molecular formula is C43H59N9O9S. The van der Waals surface area contributed by atoms with E-state index < -0.39 is 89.6 Å². The van der Waals surface area contributed by atoms with Crippen LogP contribution in [0.25, 0.3) is 0 Å². The molecule has 0 bridgehead atoms. The Morgan fingerprint density at radius 2 is 1.50 bits per heavy atom. The number of nitrogens with one attached hydrogen (secondary N) is 6. The highest BCUT2D eigenvalue weighted by Crippen LogP contribution is 2.21. The molecule has 10 N–H and O–H groups in total. The first-order valence-electron chi connectivity index (χ1n) is 20.7. The third kappa shape index (κ3) is 14.3. The number of benzene rings is 2. The lowest BCUT2D eigenvalue weighted by molar-refractivity contribution is -0.145. The number of hydrogen-bond donors (Lipinski definition) is 9. The van der Waals surface area contributed by atoms with Gasteiger partial charge in [0.15, 0.2) is 0 Å². The predicted molar refractivity (Wildman–Crippen MR) is 232 cm³/mol. The topological polar surface area (TPSA) is 278 Å². The lowest BCUT2D eigenvalue weighted by atomic mass is 9.96. The summed E-state index contributed by atoms with van der Waals surface area (Å²) in [6.45, 7) is 5.20. The molecule has 1 saturated heterocycles. The number of nitrogens with two attached hydrogens (primary N) is 1. The summed E-state index contributed by atoms with van der Waals surface area (Å²) in [5, 5.41) is 33.3. The number of carboxylic acid groups (broad SMARTS) is 1. The van der Waals surface area contributed by atoms with E-state index in [-0.39, 0.29) is 38.0 Å². The summed E-state index contributed by atoms with van der Waals surface area (Å²) in [4.78, 5) is 103. The Kier molecular flexibility index (Phi) is 18.8. The highest BCUT2D eigenvalue weighted by atomic mass is 32.2. The van der Waals surface area contributed by atoms with Crippen molar-refractivity contribution in [3.8, 4) is 5.75 Å². The van der Waals surface area contributed by atoms with Gasteiger partial charge in [-0.1, -0.05) is 62.7 Å². The number of amides is 6. The molecule has 1 fully saturated rings. The van der Waals surface area contributed by atoms with Crippen LogP contribution in [0.1, 0.15) is 63.3 Å². The number of phenolic OH excluding ortho intramolecular Hbond substituents is 1. The van der Waals surface area contributed by atoms with Crippen LogP contribution in [0.3, 0.4) is 0 Å². The molecule has 62 heavy (non-hydrogen) atoms. The van der Waals surface area contributed by atoms with E-state index in [1.54, 1.807) is 49.4 Å². The Hall–Kier alpha value is -5.95. The highest BCUT2D eigenvalue weighted by Gasteiger charge is 2.40. The first-order chi connectivity index (χ1) is 29.6. The minimum absolute atomic E-state index is 0.00550. The summed E-state index contributed by atoms with van der Waals surface area (Å²) in [5.74, 6) is -4.91. The normalized spacial score (nSPS) is 17.0. The quantitative estimate of drug-likeness (QED) is 0.0640. The molecule has 0 unspecified atom stereocenters. The van der Waals surface area contributed by atoms with E-state index in [1.165, 1.54) is 48.2 Å². The summed E-state index contributed by atoms with van der Waals surface area (Å²) >= 11 is 1.53. The van der Waals surface area contributed by atoms with Crippen LogP contribution in [0, 0.1) is 5.92 Å². The van der Waals surface area contributed by atoms with Crippen LogP contribution < -0.4 is 32.3 Å². The number of carboxylic acids is 1. The molecule has 0 saturated carbocycles. The second kappa shape index (κ2) is 23.9. The zero-order chi connectivity index (χ0) is 45.3. The number of phenols is 1. The smallest absolute Gasteiger partial charge is 0.326 e. The molecule has 1 aliphatic rings. The third-order valence-corrected chi connectivity index (χ3v) is 11.5. The number of aliphatic carboxylic acids is 1. The summed E-state index contributed by atoms with van der Waals surface area (Å²) in [7, 11) is 0. The molecular weight excluding hydrogens is 819 g/mol. The SMILES string of the molecule is CC[C@H](C)[C@H](NC(=O)[C@H](Cc1ccc(O)cc1)NC(=O)[C@H](C)NC(=O)[C@@H](N)CCSC)C(=O)N[C@@H](Cc1cnc[nH]1)C(=O)N1CCC[C@H]1C(=O)N[C@@H](Cc1ccccc1)C(=O)O. The van der Waals surface area contributed by atoms with Crippen LogP contribution in [-0.2, 0) is 52.8 Å². The predicted octanol–water partition coefficient (Wildman–Crippen LogP) is 0.789. The van der Waals surface area contributed by atoms with Gasteiger partial charge in [-0.3, -0.25) is 28.8 Å². The number of thioether (sulfide) groups is 1. The van der Waals surface area contributed by atoms with E-state index in [2.05, 4.69) is 36.6 Å². The number of aromatic amines is 1. The summed E-state index contributed by atoms with van der Waals surface area (Å²) in [5.41, 5.74) is 7.78. The van der Waals surface area contributed by atoms with Gasteiger partial charge in [-0.15, -0.1) is 0 Å². The summed E-state index contributed by atoms with van der Waals surface area (Å²) in [6, 6.07) is 7.01. The second-order valence-electron chi connectivity index (χ2n) is 15.5. The van der Waals surface area contributed by atoms with Gasteiger partial charge in [-0.2, -0.15) is 11.8 Å². The van der Waals surface area contributed by atoms with E-state index in [0.29, 0.717) is 41.8 Å². The van der Waals surface area contributed by atoms with Gasteiger partial charge in [-0.05, 0) is 67.4 Å². The monoisotopic (exact) mass is 877 g/mol. The van der Waals surface area contributed by atoms with Crippen LogP contribution in [-0.4, -0.2) is 127 Å². The van der Waals surface area contributed by atoms with Crippen LogP contribution in [0.15, 0.2) is 67.1 Å². The van der Waals surface area contributed by atoms with Crippen LogP contribution in [0.5, 0.6) is 5.75 Å². The van der Waals surface area contributed by atoms with E-state index in [0.717, 1.165) is 0 Å². The van der Waals surface area contributed by atoms with Gasteiger partial charge >= 0.3 is 5.97 Å². The van der Waals surface area contributed by atoms with Crippen molar-refractivity contribution in [1.29, 1.82) is 0 Å². The van der Waals surface area contributed by atoms with Crippen LogP contribution in [0.2, 0.25) is 0 Å². The number of aromatic nitrogens is 2. The fourth-order valence-corrected chi connectivity index (χ4v) is 7.48. The molecule has 336 valence electrons. The molecule has 2 aromatic carbocycles. The Bertz CT molecular complexity index is 1970. The third-order valence-electron chi connectivity index (χ3n) is 10.9. The summed E-state index contributed by atoms with van der Waals surface area (Å²) < 4.78 is 0. The zero-order valence-electron chi connectivity index (χ0n) is 35.5. The van der Waals surface area contributed by atoms with E-state index in [1.807, 2.05) is 13.2 Å². The lowest BCUT2D eigenvalue weighted by Gasteiger charge is -2.31. The Morgan fingerprint density at radius 3 is 2.13 bits per heavy atom. The number of imidazole rings is 1. The van der Waals surface area contributed by atoms with E-state index in [4.69, 9.17) is 5.73 Å². The average Bonchev–Trinajstić information content (AvgIpc) is 3.97. The zero-order valence-corrected chi connectivity index (χ0v) is 36.3. The number of carbonyl (C=O) groups excluding carboxylic acids is 6. The molecule has 0 radical (unpaired) electrons. The van der Waals surface area contributed by atoms with Crippen molar-refractivity contribution < 1.29 is 43.8 Å². The van der Waals surface area contributed by atoms with Crippen molar-refractivity contribution in [2.45, 2.75) is 108 Å². The van der Waals surface area contributed by atoms with Gasteiger partial charge in [0.2, 0.25) is 35.4 Å². The lowest BCUT2D eigenvalue weighted by Crippen LogP contribution is -2.61. The first-order valence-corrected chi connectivity index (χ1v) is 22.1. The number of hydrogen-bond acceptors (Lipinski definition) is 11. The maximum absolute atomic E-state index is 14.4. The molecule has 4 rings (SSSR count). The molecule has 0 spiro atoms. The number of aromatic hydroxyl groups is 1. The van der Waals surface area contributed by atoms with Gasteiger partial charge in [0.05, 0.1) is 12.4 Å². The molecule has 6 amide bonds. The van der Waals surface area contributed by atoms with Gasteiger partial charge in [0.25, 0.3) is 0 Å². The van der Waals surface area contributed by atoms with E-state index >= 15 is 0 Å². The fraction of sp³-hybridized carbons (Fsp3) is 0.488. The molecule has 2 heterocycles. The number of rotatable bonds is 23. The number of H-pyrrole nitrogens is 1. The highest BCUT2D eigenvalue weighted by molar-refractivity contribution is 7.98. The Morgan fingerprint density at radius 1 is 0.839 bits per heavy atom. The second-order valence-corrected chi connectivity index (χ2v) is 16.5. The van der Waals surface area contributed by atoms with Gasteiger partial charge < -0.3 is 52.4 Å². The molecule has 1 aliphatic heterocycles. The number of likely N-dealkylation sites (tertiary alicyclic amines) is 1. The average molecular weight is 878 g/mol. The van der Waals surface area contributed by atoms with Crippen LogP contribution >= 0.6 is 11.8 Å². The fourth-order valence-electron chi connectivity index (χ4n) is 6.99. The van der Waals surface area contributed by atoms with Gasteiger partial charge in [-0.25, -0.2) is 9.78 Å². The molecule has 18 nitrogen and oxygen atoms in total. The summed E-state index contributed by atoms with van der Waals surface area (Å²) in [6.07, 6.45) is 6.28. The van der Waals surface area contributed by atoms with Gasteiger partial charge in [0.1, 0.15) is 42.0 Å². The molecule has 19 heteroatoms. The van der Waals surface area contributed by atoms with Crippen molar-refractivity contribution >= 4 is 53.2 Å². The minimum atomic E-state index is -1.25. The Labute approximate surface area is 365 Å². The van der Waals surface area contributed by atoms with Crippen LogP contribution in [0.4, 0.5) is 0 Å². The van der Waals surface area contributed by atoms with Crippen molar-refractivity contribution in [2.75, 3.05) is 18.6 Å². The van der Waals surface area contributed by atoms with Crippen molar-refractivity contribution in [3.05, 3.63) is 83.9 Å². The van der Waals surface area contributed by atoms with Crippen molar-refractivity contribution in [2.24, 2.45) is 11.7 Å². The molecule has 8 atom stereocenters. The van der Waals surface area contributed by atoms with E-state index in [9.17, 15) is 43.8 Å². The molecule has 0 aliphatic carbocycles. The molecule has 1 aromatic heterocycles.